The van der Waals surface area contributed by atoms with Gasteiger partial charge in [0.1, 0.15) is 0 Å². The largest absolute Gasteiger partial charge is 0.336 e. The molecular weight excluding hydrogens is 174 g/mol. The average Bonchev–Trinajstić information content (AvgIpc) is 2.24. The summed E-state index contributed by atoms with van der Waals surface area (Å²) in [5, 5.41) is 0. The van der Waals surface area contributed by atoms with Gasteiger partial charge >= 0.3 is 0 Å². The van der Waals surface area contributed by atoms with Crippen LogP contribution in [0.5, 0.6) is 0 Å². The van der Waals surface area contributed by atoms with Crippen molar-refractivity contribution in [2.75, 3.05) is 6.54 Å². The Labute approximate surface area is 88.0 Å². The van der Waals surface area contributed by atoms with Gasteiger partial charge in [-0.05, 0) is 31.8 Å². The summed E-state index contributed by atoms with van der Waals surface area (Å²) in [7, 11) is 0. The van der Waals surface area contributed by atoms with E-state index in [9.17, 15) is 4.79 Å². The molecule has 0 radical (unpaired) electrons. The quantitative estimate of drug-likeness (QED) is 0.592. The van der Waals surface area contributed by atoms with Crippen LogP contribution in [-0.4, -0.2) is 23.4 Å². The zero-order chi connectivity index (χ0) is 11.1. The lowest BCUT2D eigenvalue weighted by atomic mass is 9.92. The van der Waals surface area contributed by atoms with Gasteiger partial charge in [-0.1, -0.05) is 27.4 Å². The molecule has 1 fully saturated rings. The predicted octanol–water partition coefficient (Wildman–Crippen LogP) is 2.85. The van der Waals surface area contributed by atoms with Gasteiger partial charge in [-0.2, -0.15) is 0 Å². The molecule has 1 aliphatic heterocycles. The van der Waals surface area contributed by atoms with Crippen molar-refractivity contribution in [1.29, 1.82) is 0 Å². The lowest BCUT2D eigenvalue weighted by molar-refractivity contribution is -0.130. The first-order chi connectivity index (χ1) is 6.66. The Morgan fingerprint density at radius 2 is 2.00 bits per heavy atom. The normalized spacial score (nSPS) is 26.1. The fraction of sp³-hybridized carbons (Fsp3) is 0.750. The van der Waals surface area contributed by atoms with Gasteiger partial charge in [0.05, 0.1) is 0 Å². The van der Waals surface area contributed by atoms with Gasteiger partial charge in [-0.25, -0.2) is 0 Å². The first kappa shape index (κ1) is 13.2. The summed E-state index contributed by atoms with van der Waals surface area (Å²) < 4.78 is 0. The van der Waals surface area contributed by atoms with Crippen molar-refractivity contribution in [3.8, 4) is 0 Å². The average molecular weight is 197 g/mol. The number of hydrogen-bond acceptors (Lipinski definition) is 1. The summed E-state index contributed by atoms with van der Waals surface area (Å²) in [4.78, 5) is 13.2. The molecule has 82 valence electrons. The third-order valence-corrected chi connectivity index (χ3v) is 2.83. The summed E-state index contributed by atoms with van der Waals surface area (Å²) in [6.07, 6.45) is 3.78. The van der Waals surface area contributed by atoms with E-state index in [4.69, 9.17) is 0 Å². The van der Waals surface area contributed by atoms with Gasteiger partial charge in [0, 0.05) is 12.6 Å². The second kappa shape index (κ2) is 6.63. The SMILES string of the molecule is C=CC(=O)N1CCCC(C)C1C.CC. The maximum atomic E-state index is 11.3. The molecule has 0 aromatic carbocycles. The highest BCUT2D eigenvalue weighted by molar-refractivity contribution is 5.87. The Morgan fingerprint density at radius 3 is 2.50 bits per heavy atom. The van der Waals surface area contributed by atoms with Crippen molar-refractivity contribution in [2.24, 2.45) is 5.92 Å². The van der Waals surface area contributed by atoms with E-state index in [0.29, 0.717) is 12.0 Å². The second-order valence-corrected chi connectivity index (χ2v) is 3.60. The van der Waals surface area contributed by atoms with Crippen LogP contribution in [0.3, 0.4) is 0 Å². The predicted molar refractivity (Wildman–Crippen MR) is 61.1 cm³/mol. The monoisotopic (exact) mass is 197 g/mol. The highest BCUT2D eigenvalue weighted by Crippen LogP contribution is 2.22. The Kier molecular flexibility index (Phi) is 6.26. The molecule has 1 aliphatic rings. The number of amides is 1. The lowest BCUT2D eigenvalue weighted by Crippen LogP contribution is -2.45. The molecular formula is C12H23NO. The summed E-state index contributed by atoms with van der Waals surface area (Å²) in [5.41, 5.74) is 0. The van der Waals surface area contributed by atoms with Gasteiger partial charge < -0.3 is 4.90 Å². The number of carbonyl (C=O) groups excluding carboxylic acids is 1. The molecule has 0 aromatic heterocycles. The number of piperidine rings is 1. The Hall–Kier alpha value is -0.790. The standard InChI is InChI=1S/C10H17NO.C2H6/c1-4-10(12)11-7-5-6-8(2)9(11)3;1-2/h4,8-9H,1,5-7H2,2-3H3;1-2H3. The summed E-state index contributed by atoms with van der Waals surface area (Å²) in [5.74, 6) is 0.705. The zero-order valence-electron chi connectivity index (χ0n) is 9.92. The zero-order valence-corrected chi connectivity index (χ0v) is 9.92. The number of rotatable bonds is 1. The number of nitrogens with zero attached hydrogens (tertiary/aromatic N) is 1. The third-order valence-electron chi connectivity index (χ3n) is 2.83. The van der Waals surface area contributed by atoms with Crippen LogP contribution >= 0.6 is 0 Å². The molecule has 14 heavy (non-hydrogen) atoms. The molecule has 0 aliphatic carbocycles. The molecule has 2 unspecified atom stereocenters. The number of hydrogen-bond donors (Lipinski definition) is 0. The van der Waals surface area contributed by atoms with Crippen LogP contribution in [0.1, 0.15) is 40.5 Å². The topological polar surface area (TPSA) is 20.3 Å². The maximum absolute atomic E-state index is 11.3. The highest BCUT2D eigenvalue weighted by atomic mass is 16.2. The van der Waals surface area contributed by atoms with Crippen LogP contribution in [0.15, 0.2) is 12.7 Å². The molecule has 2 atom stereocenters. The van der Waals surface area contributed by atoms with E-state index < -0.39 is 0 Å². The van der Waals surface area contributed by atoms with Crippen molar-refractivity contribution in [3.63, 3.8) is 0 Å². The molecule has 1 heterocycles. The second-order valence-electron chi connectivity index (χ2n) is 3.60. The molecule has 0 bridgehead atoms. The van der Waals surface area contributed by atoms with Gasteiger partial charge in [-0.15, -0.1) is 0 Å². The van der Waals surface area contributed by atoms with Crippen molar-refractivity contribution in [3.05, 3.63) is 12.7 Å². The Morgan fingerprint density at radius 1 is 1.43 bits per heavy atom. The molecule has 1 saturated heterocycles. The minimum atomic E-state index is 0.0778. The molecule has 0 spiro atoms. The van der Waals surface area contributed by atoms with Crippen LogP contribution in [0.2, 0.25) is 0 Å². The molecule has 1 rings (SSSR count). The van der Waals surface area contributed by atoms with Gasteiger partial charge in [-0.3, -0.25) is 4.79 Å². The van der Waals surface area contributed by atoms with E-state index in [2.05, 4.69) is 20.4 Å². The molecule has 0 N–H and O–H groups in total. The number of likely N-dealkylation sites (tertiary alicyclic amines) is 1. The Balaban J connectivity index is 0.000000791. The van der Waals surface area contributed by atoms with Crippen molar-refractivity contribution in [1.82, 2.24) is 4.90 Å². The summed E-state index contributed by atoms with van der Waals surface area (Å²) >= 11 is 0. The van der Waals surface area contributed by atoms with Crippen LogP contribution in [0, 0.1) is 5.92 Å². The van der Waals surface area contributed by atoms with Crippen LogP contribution < -0.4 is 0 Å². The van der Waals surface area contributed by atoms with Gasteiger partial charge in [0.2, 0.25) is 5.91 Å². The van der Waals surface area contributed by atoms with E-state index in [-0.39, 0.29) is 5.91 Å². The fourth-order valence-electron chi connectivity index (χ4n) is 1.76. The smallest absolute Gasteiger partial charge is 0.246 e. The van der Waals surface area contributed by atoms with E-state index in [0.717, 1.165) is 13.0 Å². The van der Waals surface area contributed by atoms with Crippen LogP contribution in [-0.2, 0) is 4.79 Å². The van der Waals surface area contributed by atoms with Gasteiger partial charge in [0.25, 0.3) is 0 Å². The minimum absolute atomic E-state index is 0.0778. The molecule has 0 aromatic rings. The van der Waals surface area contributed by atoms with Crippen LogP contribution in [0.25, 0.3) is 0 Å². The fourth-order valence-corrected chi connectivity index (χ4v) is 1.76. The molecule has 2 nitrogen and oxygen atoms in total. The maximum Gasteiger partial charge on any atom is 0.246 e. The van der Waals surface area contributed by atoms with E-state index in [1.54, 1.807) is 0 Å². The molecule has 2 heteroatoms. The van der Waals surface area contributed by atoms with Crippen molar-refractivity contribution >= 4 is 5.91 Å². The molecule has 0 saturated carbocycles. The number of carbonyl (C=O) groups is 1. The van der Waals surface area contributed by atoms with Crippen molar-refractivity contribution < 1.29 is 4.79 Å². The summed E-state index contributed by atoms with van der Waals surface area (Å²) in [6.45, 7) is 12.7. The van der Waals surface area contributed by atoms with E-state index in [1.807, 2.05) is 18.7 Å². The third kappa shape index (κ3) is 3.17. The van der Waals surface area contributed by atoms with Crippen molar-refractivity contribution in [2.45, 2.75) is 46.6 Å². The first-order valence-corrected chi connectivity index (χ1v) is 5.60. The Bertz CT molecular complexity index is 189. The molecule has 1 amide bonds. The van der Waals surface area contributed by atoms with E-state index in [1.165, 1.54) is 12.5 Å². The van der Waals surface area contributed by atoms with Crippen LogP contribution in [0.4, 0.5) is 0 Å². The lowest BCUT2D eigenvalue weighted by Gasteiger charge is -2.37. The first-order valence-electron chi connectivity index (χ1n) is 5.60. The van der Waals surface area contributed by atoms with E-state index >= 15 is 0 Å². The van der Waals surface area contributed by atoms with Gasteiger partial charge in [0.15, 0.2) is 0 Å². The minimum Gasteiger partial charge on any atom is -0.336 e. The highest BCUT2D eigenvalue weighted by Gasteiger charge is 2.26. The summed E-state index contributed by atoms with van der Waals surface area (Å²) in [6, 6.07) is 0.379.